The first-order chi connectivity index (χ1) is 7.49. The third kappa shape index (κ3) is 4.11. The van der Waals surface area contributed by atoms with Crippen LogP contribution in [0.1, 0.15) is 19.4 Å². The van der Waals surface area contributed by atoms with Crippen LogP contribution in [0.5, 0.6) is 0 Å². The molecule has 1 aromatic carbocycles. The van der Waals surface area contributed by atoms with E-state index in [0.717, 1.165) is 17.8 Å². The fourth-order valence-corrected chi connectivity index (χ4v) is 1.36. The lowest BCUT2D eigenvalue weighted by molar-refractivity contribution is 0.665. The molecule has 0 heterocycles. The minimum absolute atomic E-state index is 0.430. The van der Waals surface area contributed by atoms with Crippen LogP contribution in [0, 0.1) is 12.8 Å². The van der Waals surface area contributed by atoms with Crippen molar-refractivity contribution in [3.63, 3.8) is 0 Å². The van der Waals surface area contributed by atoms with E-state index in [-0.39, 0.29) is 0 Å². The zero-order chi connectivity index (χ0) is 12.1. The SMILES string of the molecule is Cc1ccc(Cl)cc1NC(N)=NCC(C)C. The van der Waals surface area contributed by atoms with Crippen molar-refractivity contribution < 1.29 is 0 Å². The molecule has 3 nitrogen and oxygen atoms in total. The molecule has 16 heavy (non-hydrogen) atoms. The number of aryl methyl sites for hydroxylation is 1. The van der Waals surface area contributed by atoms with E-state index in [4.69, 9.17) is 17.3 Å². The van der Waals surface area contributed by atoms with E-state index in [0.29, 0.717) is 16.9 Å². The topological polar surface area (TPSA) is 50.4 Å². The number of guanidine groups is 1. The van der Waals surface area contributed by atoms with Gasteiger partial charge in [-0.15, -0.1) is 0 Å². The van der Waals surface area contributed by atoms with E-state index in [1.165, 1.54) is 0 Å². The number of hydrogen-bond donors (Lipinski definition) is 2. The van der Waals surface area contributed by atoms with Crippen LogP contribution >= 0.6 is 11.6 Å². The van der Waals surface area contributed by atoms with Gasteiger partial charge >= 0.3 is 0 Å². The Morgan fingerprint density at radius 2 is 2.19 bits per heavy atom. The van der Waals surface area contributed by atoms with Gasteiger partial charge in [-0.05, 0) is 30.5 Å². The minimum atomic E-state index is 0.430. The quantitative estimate of drug-likeness (QED) is 0.629. The second-order valence-corrected chi connectivity index (χ2v) is 4.64. The second-order valence-electron chi connectivity index (χ2n) is 4.20. The van der Waals surface area contributed by atoms with Crippen LogP contribution in [0.25, 0.3) is 0 Å². The third-order valence-electron chi connectivity index (χ3n) is 2.09. The molecule has 0 saturated carbocycles. The van der Waals surface area contributed by atoms with Crippen molar-refractivity contribution in [2.45, 2.75) is 20.8 Å². The normalized spacial score (nSPS) is 11.9. The van der Waals surface area contributed by atoms with Crippen LogP contribution in [0.4, 0.5) is 5.69 Å². The lowest BCUT2D eigenvalue weighted by Crippen LogP contribution is -2.23. The van der Waals surface area contributed by atoms with Gasteiger partial charge in [-0.2, -0.15) is 0 Å². The number of nitrogens with two attached hydrogens (primary N) is 1. The molecule has 0 aromatic heterocycles. The van der Waals surface area contributed by atoms with Crippen LogP contribution in [-0.2, 0) is 0 Å². The van der Waals surface area contributed by atoms with E-state index in [1.807, 2.05) is 25.1 Å². The Bertz CT molecular complexity index is 386. The van der Waals surface area contributed by atoms with E-state index in [1.54, 1.807) is 0 Å². The largest absolute Gasteiger partial charge is 0.370 e. The summed E-state index contributed by atoms with van der Waals surface area (Å²) >= 11 is 5.91. The molecule has 3 N–H and O–H groups in total. The zero-order valence-electron chi connectivity index (χ0n) is 9.92. The van der Waals surface area contributed by atoms with Gasteiger partial charge in [0, 0.05) is 17.3 Å². The average Bonchev–Trinajstić information content (AvgIpc) is 2.20. The van der Waals surface area contributed by atoms with Gasteiger partial charge in [0.25, 0.3) is 0 Å². The van der Waals surface area contributed by atoms with Gasteiger partial charge in [0.15, 0.2) is 5.96 Å². The Morgan fingerprint density at radius 3 is 2.81 bits per heavy atom. The predicted molar refractivity (Wildman–Crippen MR) is 71.1 cm³/mol. The highest BCUT2D eigenvalue weighted by molar-refractivity contribution is 6.31. The van der Waals surface area contributed by atoms with Crippen LogP contribution in [-0.4, -0.2) is 12.5 Å². The fraction of sp³-hybridized carbons (Fsp3) is 0.417. The number of benzene rings is 1. The Morgan fingerprint density at radius 1 is 1.50 bits per heavy atom. The van der Waals surface area contributed by atoms with Crippen LogP contribution in [0.15, 0.2) is 23.2 Å². The van der Waals surface area contributed by atoms with Gasteiger partial charge in [-0.1, -0.05) is 31.5 Å². The van der Waals surface area contributed by atoms with Crippen LogP contribution in [0.3, 0.4) is 0 Å². The van der Waals surface area contributed by atoms with E-state index < -0.39 is 0 Å². The van der Waals surface area contributed by atoms with E-state index in [9.17, 15) is 0 Å². The maximum Gasteiger partial charge on any atom is 0.193 e. The zero-order valence-corrected chi connectivity index (χ0v) is 10.7. The molecule has 0 atom stereocenters. The van der Waals surface area contributed by atoms with Crippen molar-refractivity contribution in [1.29, 1.82) is 0 Å². The third-order valence-corrected chi connectivity index (χ3v) is 2.32. The molecule has 0 aliphatic carbocycles. The molecule has 0 spiro atoms. The number of halogens is 1. The summed E-state index contributed by atoms with van der Waals surface area (Å²) < 4.78 is 0. The molecule has 88 valence electrons. The molecule has 0 fully saturated rings. The maximum absolute atomic E-state index is 5.91. The van der Waals surface area contributed by atoms with Gasteiger partial charge in [0.1, 0.15) is 0 Å². The molecule has 1 rings (SSSR count). The number of aliphatic imine (C=N–C) groups is 1. The number of rotatable bonds is 3. The van der Waals surface area contributed by atoms with Crippen molar-refractivity contribution in [3.05, 3.63) is 28.8 Å². The summed E-state index contributed by atoms with van der Waals surface area (Å²) in [5.41, 5.74) is 7.76. The summed E-state index contributed by atoms with van der Waals surface area (Å²) in [5, 5.41) is 3.73. The van der Waals surface area contributed by atoms with Crippen molar-refractivity contribution in [2.75, 3.05) is 11.9 Å². The molecule has 0 unspecified atom stereocenters. The standard InChI is InChI=1S/C12H18ClN3/c1-8(2)7-15-12(14)16-11-6-10(13)5-4-9(11)3/h4-6,8H,7H2,1-3H3,(H3,14,15,16). The molecule has 0 aliphatic rings. The molecular formula is C12H18ClN3. The number of hydrogen-bond acceptors (Lipinski definition) is 1. The lowest BCUT2D eigenvalue weighted by atomic mass is 10.2. The van der Waals surface area contributed by atoms with Crippen molar-refractivity contribution >= 4 is 23.2 Å². The Labute approximate surface area is 102 Å². The van der Waals surface area contributed by atoms with Crippen LogP contribution < -0.4 is 11.1 Å². The van der Waals surface area contributed by atoms with Crippen LogP contribution in [0.2, 0.25) is 5.02 Å². The van der Waals surface area contributed by atoms with E-state index >= 15 is 0 Å². The molecule has 0 bridgehead atoms. The van der Waals surface area contributed by atoms with Crippen molar-refractivity contribution in [3.8, 4) is 0 Å². The lowest BCUT2D eigenvalue weighted by Gasteiger charge is -2.09. The molecular weight excluding hydrogens is 222 g/mol. The van der Waals surface area contributed by atoms with Gasteiger partial charge in [-0.3, -0.25) is 4.99 Å². The number of nitrogens with zero attached hydrogens (tertiary/aromatic N) is 1. The first-order valence-electron chi connectivity index (χ1n) is 5.32. The molecule has 0 amide bonds. The summed E-state index contributed by atoms with van der Waals surface area (Å²) in [4.78, 5) is 4.23. The Kier molecular flexibility index (Phi) is 4.62. The van der Waals surface area contributed by atoms with Crippen molar-refractivity contribution in [2.24, 2.45) is 16.6 Å². The first kappa shape index (κ1) is 12.8. The maximum atomic E-state index is 5.91. The molecule has 4 heteroatoms. The molecule has 1 aromatic rings. The highest BCUT2D eigenvalue weighted by atomic mass is 35.5. The highest BCUT2D eigenvalue weighted by Gasteiger charge is 2.01. The van der Waals surface area contributed by atoms with Gasteiger partial charge < -0.3 is 11.1 Å². The molecule has 0 saturated heterocycles. The summed E-state index contributed by atoms with van der Waals surface area (Å²) in [7, 11) is 0. The summed E-state index contributed by atoms with van der Waals surface area (Å²) in [6, 6.07) is 5.64. The number of anilines is 1. The highest BCUT2D eigenvalue weighted by Crippen LogP contribution is 2.19. The monoisotopic (exact) mass is 239 g/mol. The van der Waals surface area contributed by atoms with Gasteiger partial charge in [0.2, 0.25) is 0 Å². The Balaban J connectivity index is 2.72. The second kappa shape index (κ2) is 5.75. The average molecular weight is 240 g/mol. The number of nitrogens with one attached hydrogen (secondary N) is 1. The first-order valence-corrected chi connectivity index (χ1v) is 5.70. The fourth-order valence-electron chi connectivity index (χ4n) is 1.19. The van der Waals surface area contributed by atoms with Crippen molar-refractivity contribution in [1.82, 2.24) is 0 Å². The minimum Gasteiger partial charge on any atom is -0.370 e. The van der Waals surface area contributed by atoms with E-state index in [2.05, 4.69) is 24.2 Å². The summed E-state index contributed by atoms with van der Waals surface area (Å²) in [6.07, 6.45) is 0. The van der Waals surface area contributed by atoms with Gasteiger partial charge in [0.05, 0.1) is 0 Å². The summed E-state index contributed by atoms with van der Waals surface area (Å²) in [6.45, 7) is 6.91. The smallest absolute Gasteiger partial charge is 0.193 e. The molecule has 0 radical (unpaired) electrons. The Hall–Kier alpha value is -1.22. The predicted octanol–water partition coefficient (Wildman–Crippen LogP) is 3.03. The molecule has 0 aliphatic heterocycles. The van der Waals surface area contributed by atoms with Gasteiger partial charge in [-0.25, -0.2) is 0 Å². The summed E-state index contributed by atoms with van der Waals surface area (Å²) in [5.74, 6) is 0.930.